The molecule has 1 unspecified atom stereocenters. The molecule has 1 aromatic rings. The second kappa shape index (κ2) is 4.76. The van der Waals surface area contributed by atoms with Crippen LogP contribution in [0.5, 0.6) is 5.75 Å². The lowest BCUT2D eigenvalue weighted by Crippen LogP contribution is -2.29. The van der Waals surface area contributed by atoms with Gasteiger partial charge in [0.05, 0.1) is 5.56 Å². The Morgan fingerprint density at radius 3 is 2.78 bits per heavy atom. The van der Waals surface area contributed by atoms with Gasteiger partial charge in [-0.3, -0.25) is 9.59 Å². The number of rotatable bonds is 3. The van der Waals surface area contributed by atoms with Crippen LogP contribution in [0, 0.1) is 5.82 Å². The number of ketones is 1. The zero-order valence-corrected chi connectivity index (χ0v) is 10.3. The summed E-state index contributed by atoms with van der Waals surface area (Å²) in [7, 11) is 1.70. The van der Waals surface area contributed by atoms with E-state index in [2.05, 4.69) is 0 Å². The van der Waals surface area contributed by atoms with Crippen molar-refractivity contribution in [2.75, 3.05) is 13.6 Å². The van der Waals surface area contributed by atoms with Crippen LogP contribution < -0.4 is 4.74 Å². The first-order chi connectivity index (χ1) is 8.49. The summed E-state index contributed by atoms with van der Waals surface area (Å²) in [4.78, 5) is 24.7. The van der Waals surface area contributed by atoms with Gasteiger partial charge in [-0.25, -0.2) is 4.39 Å². The highest BCUT2D eigenvalue weighted by molar-refractivity contribution is 5.97. The summed E-state index contributed by atoms with van der Waals surface area (Å²) in [5.41, 5.74) is 0.164. The molecule has 0 radical (unpaired) electrons. The Kier molecular flexibility index (Phi) is 3.32. The van der Waals surface area contributed by atoms with Gasteiger partial charge in [-0.05, 0) is 25.1 Å². The van der Waals surface area contributed by atoms with Crippen molar-refractivity contribution in [2.45, 2.75) is 19.4 Å². The predicted molar refractivity (Wildman–Crippen MR) is 63.1 cm³/mol. The Morgan fingerprint density at radius 1 is 1.50 bits per heavy atom. The van der Waals surface area contributed by atoms with E-state index in [0.717, 1.165) is 6.07 Å². The molecule has 1 atom stereocenters. The summed E-state index contributed by atoms with van der Waals surface area (Å²) >= 11 is 0. The van der Waals surface area contributed by atoms with E-state index >= 15 is 0 Å². The number of amides is 1. The van der Waals surface area contributed by atoms with Crippen LogP contribution >= 0.6 is 0 Å². The predicted octanol–water partition coefficient (Wildman–Crippen LogP) is 1.64. The first-order valence-corrected chi connectivity index (χ1v) is 5.71. The zero-order chi connectivity index (χ0) is 13.3. The highest BCUT2D eigenvalue weighted by atomic mass is 19.1. The number of Topliss-reactive ketones (excluding diaryl/α,β-unsaturated/α-hetero) is 1. The molecule has 1 saturated heterocycles. The molecule has 96 valence electrons. The molecule has 2 rings (SSSR count). The van der Waals surface area contributed by atoms with Crippen LogP contribution in [0.3, 0.4) is 0 Å². The van der Waals surface area contributed by atoms with Crippen LogP contribution in [0.2, 0.25) is 0 Å². The first-order valence-electron chi connectivity index (χ1n) is 5.71. The number of ether oxygens (including phenoxy) is 1. The Morgan fingerprint density at radius 2 is 2.22 bits per heavy atom. The van der Waals surface area contributed by atoms with E-state index < -0.39 is 11.9 Å². The van der Waals surface area contributed by atoms with Gasteiger partial charge in [0.2, 0.25) is 0 Å². The van der Waals surface area contributed by atoms with Crippen LogP contribution in [0.25, 0.3) is 0 Å². The monoisotopic (exact) mass is 251 g/mol. The maximum Gasteiger partial charge on any atom is 0.263 e. The number of hydrogen-bond donors (Lipinski definition) is 0. The molecule has 0 aliphatic carbocycles. The van der Waals surface area contributed by atoms with E-state index in [4.69, 9.17) is 4.74 Å². The van der Waals surface area contributed by atoms with E-state index in [0.29, 0.717) is 13.0 Å². The number of halogens is 1. The molecule has 1 aromatic carbocycles. The fourth-order valence-corrected chi connectivity index (χ4v) is 1.93. The normalized spacial score (nSPS) is 19.2. The van der Waals surface area contributed by atoms with Crippen LogP contribution in [0.4, 0.5) is 4.39 Å². The number of benzene rings is 1. The molecular weight excluding hydrogens is 237 g/mol. The lowest BCUT2D eigenvalue weighted by molar-refractivity contribution is -0.132. The molecule has 1 aliphatic rings. The van der Waals surface area contributed by atoms with Gasteiger partial charge in [-0.15, -0.1) is 0 Å². The van der Waals surface area contributed by atoms with Crippen LogP contribution in [0.1, 0.15) is 23.7 Å². The Balaban J connectivity index is 2.24. The fraction of sp³-hybridized carbons (Fsp3) is 0.385. The molecule has 1 aliphatic heterocycles. The number of hydrogen-bond acceptors (Lipinski definition) is 3. The number of carbonyl (C=O) groups is 2. The first kappa shape index (κ1) is 12.5. The standard InChI is InChI=1S/C13H14FNO3/c1-8(16)10-7-9(14)3-4-11(10)18-12-5-6-15(2)13(12)17/h3-4,7,12H,5-6H2,1-2H3. The topological polar surface area (TPSA) is 46.6 Å². The third kappa shape index (κ3) is 2.34. The van der Waals surface area contributed by atoms with Gasteiger partial charge >= 0.3 is 0 Å². The highest BCUT2D eigenvalue weighted by Crippen LogP contribution is 2.24. The van der Waals surface area contributed by atoms with Gasteiger partial charge < -0.3 is 9.64 Å². The van der Waals surface area contributed by atoms with Crippen molar-refractivity contribution >= 4 is 11.7 Å². The minimum absolute atomic E-state index is 0.117. The minimum Gasteiger partial charge on any atom is -0.480 e. The van der Waals surface area contributed by atoms with E-state index in [1.807, 2.05) is 0 Å². The highest BCUT2D eigenvalue weighted by Gasteiger charge is 2.31. The molecule has 0 spiro atoms. The molecular formula is C13H14FNO3. The Bertz CT molecular complexity index is 501. The van der Waals surface area contributed by atoms with Crippen LogP contribution in [0.15, 0.2) is 18.2 Å². The maximum absolute atomic E-state index is 13.1. The average Bonchev–Trinajstić information content (AvgIpc) is 2.63. The van der Waals surface area contributed by atoms with Crippen molar-refractivity contribution in [1.29, 1.82) is 0 Å². The number of nitrogens with zero attached hydrogens (tertiary/aromatic N) is 1. The van der Waals surface area contributed by atoms with E-state index in [1.165, 1.54) is 19.1 Å². The van der Waals surface area contributed by atoms with E-state index in [9.17, 15) is 14.0 Å². The third-order valence-corrected chi connectivity index (χ3v) is 2.97. The molecule has 4 nitrogen and oxygen atoms in total. The van der Waals surface area contributed by atoms with E-state index in [1.54, 1.807) is 11.9 Å². The summed E-state index contributed by atoms with van der Waals surface area (Å²) in [6, 6.07) is 3.73. The van der Waals surface area contributed by atoms with Crippen molar-refractivity contribution in [3.8, 4) is 5.75 Å². The van der Waals surface area contributed by atoms with Crippen LogP contribution in [-0.2, 0) is 4.79 Å². The molecule has 1 fully saturated rings. The average molecular weight is 251 g/mol. The molecule has 5 heteroatoms. The maximum atomic E-state index is 13.1. The van der Waals surface area contributed by atoms with Gasteiger partial charge in [0.25, 0.3) is 5.91 Å². The molecule has 0 saturated carbocycles. The quantitative estimate of drug-likeness (QED) is 0.767. The fourth-order valence-electron chi connectivity index (χ4n) is 1.93. The Hall–Kier alpha value is -1.91. The van der Waals surface area contributed by atoms with Gasteiger partial charge in [0, 0.05) is 20.0 Å². The van der Waals surface area contributed by atoms with Crippen molar-refractivity contribution in [3.05, 3.63) is 29.6 Å². The largest absolute Gasteiger partial charge is 0.480 e. The molecule has 0 aromatic heterocycles. The second-order valence-electron chi connectivity index (χ2n) is 4.35. The Labute approximate surface area is 104 Å². The van der Waals surface area contributed by atoms with Crippen molar-refractivity contribution in [3.63, 3.8) is 0 Å². The van der Waals surface area contributed by atoms with Crippen molar-refractivity contribution in [1.82, 2.24) is 4.90 Å². The summed E-state index contributed by atoms with van der Waals surface area (Å²) in [5, 5.41) is 0. The smallest absolute Gasteiger partial charge is 0.263 e. The molecule has 18 heavy (non-hydrogen) atoms. The summed E-state index contributed by atoms with van der Waals surface area (Å²) < 4.78 is 18.6. The second-order valence-corrected chi connectivity index (χ2v) is 4.35. The molecule has 0 N–H and O–H groups in total. The summed E-state index contributed by atoms with van der Waals surface area (Å²) in [5.74, 6) is -0.642. The summed E-state index contributed by atoms with van der Waals surface area (Å²) in [6.07, 6.45) is -0.0112. The van der Waals surface area contributed by atoms with Crippen LogP contribution in [-0.4, -0.2) is 36.3 Å². The number of likely N-dealkylation sites (N-methyl/N-ethyl adjacent to an activating group) is 1. The lowest BCUT2D eigenvalue weighted by Gasteiger charge is -2.15. The zero-order valence-electron chi connectivity index (χ0n) is 10.3. The summed E-state index contributed by atoms with van der Waals surface area (Å²) in [6.45, 7) is 1.96. The van der Waals surface area contributed by atoms with Crippen molar-refractivity contribution < 1.29 is 18.7 Å². The lowest BCUT2D eigenvalue weighted by atomic mass is 10.1. The minimum atomic E-state index is -0.585. The van der Waals surface area contributed by atoms with Gasteiger partial charge in [-0.2, -0.15) is 0 Å². The molecule has 0 bridgehead atoms. The number of likely N-dealkylation sites (tertiary alicyclic amines) is 1. The molecule has 1 amide bonds. The third-order valence-electron chi connectivity index (χ3n) is 2.97. The van der Waals surface area contributed by atoms with Gasteiger partial charge in [0.15, 0.2) is 11.9 Å². The molecule has 1 heterocycles. The van der Waals surface area contributed by atoms with Gasteiger partial charge in [0.1, 0.15) is 11.6 Å². The van der Waals surface area contributed by atoms with E-state index in [-0.39, 0.29) is 23.0 Å². The number of carbonyl (C=O) groups excluding carboxylic acids is 2. The SMILES string of the molecule is CC(=O)c1cc(F)ccc1OC1CCN(C)C1=O. The van der Waals surface area contributed by atoms with Gasteiger partial charge in [-0.1, -0.05) is 0 Å². The van der Waals surface area contributed by atoms with Crippen molar-refractivity contribution in [2.24, 2.45) is 0 Å².